The minimum Gasteiger partial charge on any atom is -0.392 e. The number of benzene rings is 1. The Kier molecular flexibility index (Phi) is 3.67. The molecule has 1 N–H and O–H groups in total. The smallest absolute Gasteiger partial charge is 0.152 e. The van der Waals surface area contributed by atoms with Gasteiger partial charge >= 0.3 is 0 Å². The Balaban J connectivity index is 3.06. The van der Waals surface area contributed by atoms with Crippen molar-refractivity contribution in [1.29, 1.82) is 0 Å². The van der Waals surface area contributed by atoms with E-state index in [1.807, 2.05) is 19.1 Å². The molecule has 0 aliphatic heterocycles. The zero-order valence-corrected chi connectivity index (χ0v) is 9.01. The fourth-order valence-electron chi connectivity index (χ4n) is 1.25. The molecular weight excluding hydrogens is 200 g/mol. The van der Waals surface area contributed by atoms with Crippen LogP contribution in [0.5, 0.6) is 0 Å². The van der Waals surface area contributed by atoms with E-state index < -0.39 is 5.38 Å². The molecule has 1 aromatic carbocycles. The summed E-state index contributed by atoms with van der Waals surface area (Å²) in [4.78, 5) is 11.0. The number of aliphatic hydroxyl groups is 1. The van der Waals surface area contributed by atoms with Gasteiger partial charge in [-0.2, -0.15) is 0 Å². The Bertz CT molecular complexity index is 347. The van der Waals surface area contributed by atoms with Gasteiger partial charge in [-0.05, 0) is 30.5 Å². The number of carbonyl (C=O) groups is 1. The first-order valence-electron chi connectivity index (χ1n) is 4.41. The van der Waals surface area contributed by atoms with Gasteiger partial charge < -0.3 is 5.11 Å². The molecule has 76 valence electrons. The monoisotopic (exact) mass is 212 g/mol. The van der Waals surface area contributed by atoms with Gasteiger partial charge in [0.25, 0.3) is 0 Å². The van der Waals surface area contributed by atoms with Crippen LogP contribution in [0.2, 0.25) is 0 Å². The van der Waals surface area contributed by atoms with Crippen molar-refractivity contribution < 1.29 is 9.90 Å². The van der Waals surface area contributed by atoms with Gasteiger partial charge in [0.1, 0.15) is 5.38 Å². The van der Waals surface area contributed by atoms with Gasteiger partial charge in [0, 0.05) is 0 Å². The minimum atomic E-state index is -0.610. The number of aliphatic hydroxyl groups excluding tert-OH is 1. The van der Waals surface area contributed by atoms with E-state index in [4.69, 9.17) is 16.7 Å². The molecule has 0 saturated carbocycles. The maximum Gasteiger partial charge on any atom is 0.152 e. The van der Waals surface area contributed by atoms with E-state index in [1.54, 1.807) is 6.07 Å². The van der Waals surface area contributed by atoms with Crippen LogP contribution >= 0.6 is 11.6 Å². The summed E-state index contributed by atoms with van der Waals surface area (Å²) in [6, 6.07) is 5.45. The summed E-state index contributed by atoms with van der Waals surface area (Å²) >= 11 is 5.89. The maximum atomic E-state index is 11.0. The lowest BCUT2D eigenvalue weighted by Gasteiger charge is -2.09. The molecule has 0 radical (unpaired) electrons. The van der Waals surface area contributed by atoms with Gasteiger partial charge in [-0.1, -0.05) is 18.2 Å². The molecule has 0 amide bonds. The number of hydrogen-bond donors (Lipinski definition) is 1. The molecule has 1 unspecified atom stereocenters. The second-order valence-corrected chi connectivity index (χ2v) is 3.75. The number of Topliss-reactive ketones (excluding diaryl/α,β-unsaturated/α-hetero) is 1. The number of alkyl halides is 1. The molecule has 0 aliphatic carbocycles. The van der Waals surface area contributed by atoms with Gasteiger partial charge in [-0.25, -0.2) is 0 Å². The third-order valence-electron chi connectivity index (χ3n) is 2.19. The molecule has 0 aliphatic rings. The average molecular weight is 213 g/mol. The molecule has 0 bridgehead atoms. The highest BCUT2D eigenvalue weighted by molar-refractivity contribution is 6.30. The number of carbonyl (C=O) groups excluding carboxylic acids is 1. The third kappa shape index (κ3) is 2.34. The van der Waals surface area contributed by atoms with Gasteiger partial charge in [0.2, 0.25) is 0 Å². The first-order chi connectivity index (χ1) is 6.56. The van der Waals surface area contributed by atoms with E-state index in [-0.39, 0.29) is 12.4 Å². The summed E-state index contributed by atoms with van der Waals surface area (Å²) in [7, 11) is 0. The summed E-state index contributed by atoms with van der Waals surface area (Å²) in [5.74, 6) is -0.0839. The molecule has 0 spiro atoms. The lowest BCUT2D eigenvalue weighted by Crippen LogP contribution is -2.02. The normalized spacial score (nSPS) is 12.6. The molecule has 1 rings (SSSR count). The predicted octanol–water partition coefficient (Wildman–Crippen LogP) is 2.36. The summed E-state index contributed by atoms with van der Waals surface area (Å²) in [6.07, 6.45) is 0. The van der Waals surface area contributed by atoms with Crippen LogP contribution in [0.3, 0.4) is 0 Å². The van der Waals surface area contributed by atoms with Crippen LogP contribution < -0.4 is 0 Å². The molecule has 1 atom stereocenters. The quantitative estimate of drug-likeness (QED) is 0.781. The fraction of sp³-hybridized carbons (Fsp3) is 0.364. The standard InChI is InChI=1S/C11H13ClO2/c1-7-3-4-9(5-10(7)6-13)11(12)8(2)14/h3-5,11,13H,6H2,1-2H3. The van der Waals surface area contributed by atoms with Crippen LogP contribution in [-0.2, 0) is 11.4 Å². The zero-order valence-electron chi connectivity index (χ0n) is 8.25. The van der Waals surface area contributed by atoms with E-state index in [2.05, 4.69) is 0 Å². The topological polar surface area (TPSA) is 37.3 Å². The highest BCUT2D eigenvalue weighted by Crippen LogP contribution is 2.23. The largest absolute Gasteiger partial charge is 0.392 e. The van der Waals surface area contributed by atoms with Gasteiger partial charge in [0.15, 0.2) is 5.78 Å². The zero-order chi connectivity index (χ0) is 10.7. The Labute approximate surface area is 88.5 Å². The molecule has 3 heteroatoms. The van der Waals surface area contributed by atoms with Crippen LogP contribution in [-0.4, -0.2) is 10.9 Å². The van der Waals surface area contributed by atoms with Crippen molar-refractivity contribution in [3.05, 3.63) is 34.9 Å². The molecule has 2 nitrogen and oxygen atoms in total. The molecule has 0 aromatic heterocycles. The van der Waals surface area contributed by atoms with Gasteiger partial charge in [0.05, 0.1) is 6.61 Å². The number of rotatable bonds is 3. The Morgan fingerprint density at radius 1 is 1.57 bits per heavy atom. The number of ketones is 1. The number of halogens is 1. The van der Waals surface area contributed by atoms with E-state index in [9.17, 15) is 4.79 Å². The van der Waals surface area contributed by atoms with E-state index in [0.29, 0.717) is 0 Å². The average Bonchev–Trinajstić information content (AvgIpc) is 2.17. The molecule has 0 fully saturated rings. The highest BCUT2D eigenvalue weighted by Gasteiger charge is 2.13. The van der Waals surface area contributed by atoms with Gasteiger partial charge in [-0.15, -0.1) is 11.6 Å². The fourth-order valence-corrected chi connectivity index (χ4v) is 1.39. The molecule has 14 heavy (non-hydrogen) atoms. The Morgan fingerprint density at radius 3 is 2.71 bits per heavy atom. The minimum absolute atomic E-state index is 0.0266. The van der Waals surface area contributed by atoms with E-state index in [0.717, 1.165) is 16.7 Å². The second-order valence-electron chi connectivity index (χ2n) is 3.32. The van der Waals surface area contributed by atoms with Crippen LogP contribution in [0.15, 0.2) is 18.2 Å². The van der Waals surface area contributed by atoms with Gasteiger partial charge in [-0.3, -0.25) is 4.79 Å². The second kappa shape index (κ2) is 4.58. The Hall–Kier alpha value is -0.860. The highest BCUT2D eigenvalue weighted by atomic mass is 35.5. The lowest BCUT2D eigenvalue weighted by atomic mass is 10.0. The van der Waals surface area contributed by atoms with Crippen LogP contribution in [0.25, 0.3) is 0 Å². The third-order valence-corrected chi connectivity index (χ3v) is 2.75. The summed E-state index contributed by atoms with van der Waals surface area (Å²) in [6.45, 7) is 3.34. The number of aryl methyl sites for hydroxylation is 1. The first kappa shape index (κ1) is 11.2. The molecule has 0 heterocycles. The number of hydrogen-bond acceptors (Lipinski definition) is 2. The van der Waals surface area contributed by atoms with Crippen LogP contribution in [0, 0.1) is 6.92 Å². The van der Waals surface area contributed by atoms with Crippen LogP contribution in [0.1, 0.15) is 29.0 Å². The lowest BCUT2D eigenvalue weighted by molar-refractivity contribution is -0.116. The predicted molar refractivity (Wildman–Crippen MR) is 56.4 cm³/mol. The Morgan fingerprint density at radius 2 is 2.21 bits per heavy atom. The maximum absolute atomic E-state index is 11.0. The van der Waals surface area contributed by atoms with Crippen LogP contribution in [0.4, 0.5) is 0 Å². The van der Waals surface area contributed by atoms with E-state index in [1.165, 1.54) is 6.92 Å². The van der Waals surface area contributed by atoms with Crippen molar-refractivity contribution in [1.82, 2.24) is 0 Å². The van der Waals surface area contributed by atoms with Crippen molar-refractivity contribution in [3.63, 3.8) is 0 Å². The van der Waals surface area contributed by atoms with Crippen molar-refractivity contribution >= 4 is 17.4 Å². The molecule has 0 saturated heterocycles. The first-order valence-corrected chi connectivity index (χ1v) is 4.84. The van der Waals surface area contributed by atoms with Crippen molar-refractivity contribution in [2.24, 2.45) is 0 Å². The van der Waals surface area contributed by atoms with Crippen molar-refractivity contribution in [2.45, 2.75) is 25.8 Å². The molecular formula is C11H13ClO2. The summed E-state index contributed by atoms with van der Waals surface area (Å²) in [5, 5.41) is 8.42. The van der Waals surface area contributed by atoms with Crippen molar-refractivity contribution in [2.75, 3.05) is 0 Å². The summed E-state index contributed by atoms with van der Waals surface area (Å²) < 4.78 is 0. The van der Waals surface area contributed by atoms with Crippen molar-refractivity contribution in [3.8, 4) is 0 Å². The SMILES string of the molecule is CC(=O)C(Cl)c1ccc(C)c(CO)c1. The molecule has 1 aromatic rings. The van der Waals surface area contributed by atoms with E-state index >= 15 is 0 Å². The summed E-state index contributed by atoms with van der Waals surface area (Å²) in [5.41, 5.74) is 2.56.